The Morgan fingerprint density at radius 3 is 2.46 bits per heavy atom. The molecule has 8 nitrogen and oxygen atoms in total. The quantitative estimate of drug-likeness (QED) is 0.371. The smallest absolute Gasteiger partial charge is 0.271 e. The number of thiocarbonyl (C=S) groups is 1. The molecule has 0 aliphatic heterocycles. The van der Waals surface area contributed by atoms with Gasteiger partial charge in [-0.15, -0.1) is 0 Å². The number of carbonyl (C=O) groups excluding carboxylic acids is 1. The van der Waals surface area contributed by atoms with Crippen LogP contribution in [-0.2, 0) is 0 Å². The highest BCUT2D eigenvalue weighted by atomic mass is 79.9. The van der Waals surface area contributed by atoms with Gasteiger partial charge < -0.3 is 14.8 Å². The topological polar surface area (TPSA) is 103 Å². The Bertz CT molecular complexity index is 920. The predicted molar refractivity (Wildman–Crippen MR) is 113 cm³/mol. The van der Waals surface area contributed by atoms with E-state index in [0.29, 0.717) is 21.5 Å². The largest absolute Gasteiger partial charge is 0.495 e. The number of rotatable bonds is 6. The molecule has 2 aromatic rings. The highest BCUT2D eigenvalue weighted by Crippen LogP contribution is 2.29. The molecule has 0 saturated carbocycles. The van der Waals surface area contributed by atoms with Gasteiger partial charge in [0.15, 0.2) is 5.11 Å². The lowest BCUT2D eigenvalue weighted by Gasteiger charge is -2.14. The number of carbonyl (C=O) groups is 1. The van der Waals surface area contributed by atoms with Crippen LogP contribution in [0.1, 0.15) is 24.2 Å². The molecule has 0 saturated heterocycles. The molecule has 0 aliphatic carbocycles. The van der Waals surface area contributed by atoms with E-state index in [1.165, 1.54) is 25.3 Å². The zero-order valence-corrected chi connectivity index (χ0v) is 17.7. The van der Waals surface area contributed by atoms with Gasteiger partial charge in [-0.3, -0.25) is 20.2 Å². The fourth-order valence-corrected chi connectivity index (χ4v) is 2.90. The number of hydrogen-bond acceptors (Lipinski definition) is 6. The second kappa shape index (κ2) is 9.47. The van der Waals surface area contributed by atoms with Crippen molar-refractivity contribution in [1.82, 2.24) is 5.32 Å². The van der Waals surface area contributed by atoms with Crippen molar-refractivity contribution in [3.05, 3.63) is 56.5 Å². The molecule has 0 unspecified atom stereocenters. The van der Waals surface area contributed by atoms with Gasteiger partial charge in [0, 0.05) is 17.7 Å². The summed E-state index contributed by atoms with van der Waals surface area (Å²) < 4.78 is 11.4. The van der Waals surface area contributed by atoms with Gasteiger partial charge in [0.05, 0.1) is 28.3 Å². The monoisotopic (exact) mass is 467 g/mol. The van der Waals surface area contributed by atoms with Crippen molar-refractivity contribution in [2.75, 3.05) is 12.4 Å². The average Bonchev–Trinajstić information content (AvgIpc) is 2.62. The number of hydrogen-bond donors (Lipinski definition) is 2. The molecule has 2 aromatic carbocycles. The van der Waals surface area contributed by atoms with Crippen LogP contribution in [0.3, 0.4) is 0 Å². The highest BCUT2D eigenvalue weighted by molar-refractivity contribution is 9.10. The molecule has 0 heterocycles. The Labute approximate surface area is 175 Å². The maximum absolute atomic E-state index is 12.4. The molecule has 148 valence electrons. The van der Waals surface area contributed by atoms with Crippen LogP contribution in [0, 0.1) is 10.1 Å². The first-order valence-corrected chi connectivity index (χ1v) is 9.32. The third kappa shape index (κ3) is 5.64. The first kappa shape index (κ1) is 21.6. The summed E-state index contributed by atoms with van der Waals surface area (Å²) in [6.45, 7) is 3.80. The lowest BCUT2D eigenvalue weighted by atomic mass is 10.2. The number of nitro groups is 1. The van der Waals surface area contributed by atoms with Crippen molar-refractivity contribution in [3.8, 4) is 11.5 Å². The van der Waals surface area contributed by atoms with Crippen LogP contribution in [0.15, 0.2) is 40.9 Å². The van der Waals surface area contributed by atoms with E-state index in [4.69, 9.17) is 21.7 Å². The standard InChI is InChI=1S/C18H18BrN3O5S/c1-10(2)27-15-6-4-11(8-13(15)19)17(23)21-18(28)20-14-9-12(22(24)25)5-7-16(14)26-3/h4-10H,1-3H3,(H2,20,21,23,28). The molecule has 0 radical (unpaired) electrons. The molecule has 28 heavy (non-hydrogen) atoms. The Morgan fingerprint density at radius 2 is 1.89 bits per heavy atom. The fraction of sp³-hybridized carbons (Fsp3) is 0.222. The zero-order valence-electron chi connectivity index (χ0n) is 15.3. The fourth-order valence-electron chi connectivity index (χ4n) is 2.23. The number of benzene rings is 2. The van der Waals surface area contributed by atoms with Crippen molar-refractivity contribution in [2.24, 2.45) is 0 Å². The van der Waals surface area contributed by atoms with Crippen molar-refractivity contribution in [2.45, 2.75) is 20.0 Å². The van der Waals surface area contributed by atoms with Gasteiger partial charge in [-0.25, -0.2) is 0 Å². The van der Waals surface area contributed by atoms with Crippen molar-refractivity contribution >= 4 is 50.5 Å². The van der Waals surface area contributed by atoms with Crippen molar-refractivity contribution in [3.63, 3.8) is 0 Å². The van der Waals surface area contributed by atoms with Crippen LogP contribution >= 0.6 is 28.1 Å². The Hall–Kier alpha value is -2.72. The van der Waals surface area contributed by atoms with E-state index in [0.717, 1.165) is 0 Å². The molecule has 0 spiro atoms. The minimum absolute atomic E-state index is 0.00216. The van der Waals surface area contributed by atoms with Gasteiger partial charge in [0.2, 0.25) is 0 Å². The first-order valence-electron chi connectivity index (χ1n) is 8.12. The zero-order chi connectivity index (χ0) is 20.8. The van der Waals surface area contributed by atoms with E-state index >= 15 is 0 Å². The number of nitro benzene ring substituents is 1. The summed E-state index contributed by atoms with van der Waals surface area (Å²) in [5, 5.41) is 16.2. The summed E-state index contributed by atoms with van der Waals surface area (Å²) in [4.78, 5) is 22.8. The van der Waals surface area contributed by atoms with Crippen LogP contribution in [0.4, 0.5) is 11.4 Å². The Kier molecular flexibility index (Phi) is 7.30. The van der Waals surface area contributed by atoms with E-state index in [-0.39, 0.29) is 22.6 Å². The first-order chi connectivity index (χ1) is 13.2. The number of nitrogens with zero attached hydrogens (tertiary/aromatic N) is 1. The molecular weight excluding hydrogens is 450 g/mol. The molecule has 1 amide bonds. The van der Waals surface area contributed by atoms with Gasteiger partial charge in [0.25, 0.3) is 11.6 Å². The number of ether oxygens (including phenoxy) is 2. The van der Waals surface area contributed by atoms with Crippen LogP contribution in [0.5, 0.6) is 11.5 Å². The predicted octanol–water partition coefficient (Wildman–Crippen LogP) is 4.28. The SMILES string of the molecule is COc1ccc([N+](=O)[O-])cc1NC(=S)NC(=O)c1ccc(OC(C)C)c(Br)c1. The van der Waals surface area contributed by atoms with Gasteiger partial charge in [-0.1, -0.05) is 0 Å². The Balaban J connectivity index is 2.11. The number of halogens is 1. The number of non-ortho nitro benzene ring substituents is 1. The number of anilines is 1. The molecule has 0 atom stereocenters. The summed E-state index contributed by atoms with van der Waals surface area (Å²) in [5.41, 5.74) is 0.490. The summed E-state index contributed by atoms with van der Waals surface area (Å²) >= 11 is 8.51. The van der Waals surface area contributed by atoms with Crippen molar-refractivity contribution < 1.29 is 19.2 Å². The maximum Gasteiger partial charge on any atom is 0.271 e. The molecule has 0 aromatic heterocycles. The van der Waals surface area contributed by atoms with E-state index in [2.05, 4.69) is 26.6 Å². The minimum Gasteiger partial charge on any atom is -0.495 e. The lowest BCUT2D eigenvalue weighted by molar-refractivity contribution is -0.384. The molecule has 10 heteroatoms. The third-order valence-corrected chi connectivity index (χ3v) is 4.25. The molecule has 0 fully saturated rings. The van der Waals surface area contributed by atoms with Crippen LogP contribution in [0.25, 0.3) is 0 Å². The average molecular weight is 468 g/mol. The van der Waals surface area contributed by atoms with Crippen LogP contribution in [-0.4, -0.2) is 29.2 Å². The number of methoxy groups -OCH3 is 1. The molecule has 0 bridgehead atoms. The molecule has 2 N–H and O–H groups in total. The van der Waals surface area contributed by atoms with E-state index in [1.54, 1.807) is 18.2 Å². The summed E-state index contributed by atoms with van der Waals surface area (Å²) in [5.74, 6) is 0.521. The summed E-state index contributed by atoms with van der Waals surface area (Å²) in [6.07, 6.45) is -0.00216. The van der Waals surface area contributed by atoms with Gasteiger partial charge >= 0.3 is 0 Å². The molecular formula is C18H18BrN3O5S. The second-order valence-corrected chi connectivity index (χ2v) is 7.12. The minimum atomic E-state index is -0.537. The van der Waals surface area contributed by atoms with Crippen LogP contribution in [0.2, 0.25) is 0 Å². The molecule has 2 rings (SSSR count). The highest BCUT2D eigenvalue weighted by Gasteiger charge is 2.15. The van der Waals surface area contributed by atoms with Gasteiger partial charge in [-0.05, 0) is 66.3 Å². The van der Waals surface area contributed by atoms with Gasteiger partial charge in [0.1, 0.15) is 11.5 Å². The van der Waals surface area contributed by atoms with E-state index < -0.39 is 10.8 Å². The number of nitrogens with one attached hydrogen (secondary N) is 2. The van der Waals surface area contributed by atoms with E-state index in [9.17, 15) is 14.9 Å². The Morgan fingerprint density at radius 1 is 1.21 bits per heavy atom. The number of amides is 1. The van der Waals surface area contributed by atoms with Gasteiger partial charge in [-0.2, -0.15) is 0 Å². The van der Waals surface area contributed by atoms with Crippen molar-refractivity contribution in [1.29, 1.82) is 0 Å². The molecule has 0 aliphatic rings. The summed E-state index contributed by atoms with van der Waals surface area (Å²) in [6, 6.07) is 8.92. The summed E-state index contributed by atoms with van der Waals surface area (Å²) in [7, 11) is 1.42. The second-order valence-electron chi connectivity index (χ2n) is 5.86. The third-order valence-electron chi connectivity index (χ3n) is 3.43. The maximum atomic E-state index is 12.4. The lowest BCUT2D eigenvalue weighted by Crippen LogP contribution is -2.34. The van der Waals surface area contributed by atoms with Crippen LogP contribution < -0.4 is 20.1 Å². The normalized spacial score (nSPS) is 10.3. The van der Waals surface area contributed by atoms with E-state index in [1.807, 2.05) is 13.8 Å².